The van der Waals surface area contributed by atoms with Crippen LogP contribution in [0.2, 0.25) is 0 Å². The Morgan fingerprint density at radius 3 is 2.71 bits per heavy atom. The molecule has 0 aliphatic carbocycles. The third kappa shape index (κ3) is 4.34. The number of hydrogen-bond acceptors (Lipinski definition) is 3. The van der Waals surface area contributed by atoms with Crippen molar-refractivity contribution in [3.05, 3.63) is 0 Å². The third-order valence-corrected chi connectivity index (χ3v) is 3.05. The van der Waals surface area contributed by atoms with Gasteiger partial charge in [0, 0.05) is 19.6 Å². The molecule has 5 nitrogen and oxygen atoms in total. The molecule has 98 valence electrons. The van der Waals surface area contributed by atoms with Crippen LogP contribution in [0.4, 0.5) is 0 Å². The van der Waals surface area contributed by atoms with Gasteiger partial charge in [-0.15, -0.1) is 0 Å². The van der Waals surface area contributed by atoms with Crippen molar-refractivity contribution >= 4 is 11.8 Å². The second-order valence-electron chi connectivity index (χ2n) is 4.35. The van der Waals surface area contributed by atoms with Crippen LogP contribution in [0.25, 0.3) is 0 Å². The number of rotatable bonds is 5. The van der Waals surface area contributed by atoms with E-state index >= 15 is 0 Å². The first-order valence-corrected chi connectivity index (χ1v) is 6.45. The fourth-order valence-corrected chi connectivity index (χ4v) is 2.09. The molecule has 1 heterocycles. The van der Waals surface area contributed by atoms with Crippen molar-refractivity contribution < 1.29 is 9.59 Å². The van der Waals surface area contributed by atoms with E-state index in [0.29, 0.717) is 13.1 Å². The van der Waals surface area contributed by atoms with Crippen LogP contribution in [0.3, 0.4) is 0 Å². The van der Waals surface area contributed by atoms with E-state index in [0.717, 1.165) is 25.9 Å². The van der Waals surface area contributed by atoms with E-state index in [9.17, 15) is 9.59 Å². The van der Waals surface area contributed by atoms with Gasteiger partial charge in [0.15, 0.2) is 0 Å². The van der Waals surface area contributed by atoms with Crippen molar-refractivity contribution in [1.82, 2.24) is 15.5 Å². The minimum atomic E-state index is -0.0773. The summed E-state index contributed by atoms with van der Waals surface area (Å²) in [4.78, 5) is 25.3. The Morgan fingerprint density at radius 2 is 2.18 bits per heavy atom. The highest BCUT2D eigenvalue weighted by molar-refractivity contribution is 5.86. The van der Waals surface area contributed by atoms with Crippen LogP contribution in [0, 0.1) is 5.92 Å². The molecular formula is C12H23N3O2. The van der Waals surface area contributed by atoms with Crippen LogP contribution in [-0.4, -0.2) is 49.4 Å². The quantitative estimate of drug-likeness (QED) is 0.710. The molecule has 1 aliphatic heterocycles. The lowest BCUT2D eigenvalue weighted by molar-refractivity contribution is -0.139. The molecule has 1 aliphatic rings. The van der Waals surface area contributed by atoms with E-state index in [1.165, 1.54) is 0 Å². The second-order valence-corrected chi connectivity index (χ2v) is 4.35. The Kier molecular flexibility index (Phi) is 5.97. The number of piperidine rings is 1. The Morgan fingerprint density at radius 1 is 1.41 bits per heavy atom. The van der Waals surface area contributed by atoms with Gasteiger partial charge in [-0.2, -0.15) is 0 Å². The molecule has 0 spiro atoms. The molecule has 0 aromatic heterocycles. The van der Waals surface area contributed by atoms with Gasteiger partial charge >= 0.3 is 0 Å². The van der Waals surface area contributed by atoms with E-state index in [1.807, 2.05) is 13.8 Å². The summed E-state index contributed by atoms with van der Waals surface area (Å²) in [5.74, 6) is 0.0653. The average molecular weight is 241 g/mol. The van der Waals surface area contributed by atoms with Gasteiger partial charge in [0.2, 0.25) is 11.8 Å². The summed E-state index contributed by atoms with van der Waals surface area (Å²) >= 11 is 0. The molecule has 1 fully saturated rings. The number of amides is 2. The topological polar surface area (TPSA) is 61.4 Å². The van der Waals surface area contributed by atoms with Crippen LogP contribution < -0.4 is 10.6 Å². The first kappa shape index (κ1) is 14.0. The van der Waals surface area contributed by atoms with Crippen molar-refractivity contribution in [2.75, 3.05) is 32.7 Å². The predicted molar refractivity (Wildman–Crippen MR) is 66.5 cm³/mol. The lowest BCUT2D eigenvalue weighted by atomic mass is 9.98. The summed E-state index contributed by atoms with van der Waals surface area (Å²) in [5.41, 5.74) is 0. The summed E-state index contributed by atoms with van der Waals surface area (Å²) in [6.07, 6.45) is 1.97. The molecule has 0 saturated carbocycles. The van der Waals surface area contributed by atoms with Gasteiger partial charge in [-0.1, -0.05) is 0 Å². The summed E-state index contributed by atoms with van der Waals surface area (Å²) < 4.78 is 0. The molecule has 0 radical (unpaired) electrons. The third-order valence-electron chi connectivity index (χ3n) is 3.05. The van der Waals surface area contributed by atoms with Crippen molar-refractivity contribution in [1.29, 1.82) is 0 Å². The van der Waals surface area contributed by atoms with Crippen LogP contribution in [0.15, 0.2) is 0 Å². The van der Waals surface area contributed by atoms with E-state index in [1.54, 1.807) is 4.90 Å². The minimum Gasteiger partial charge on any atom is -0.355 e. The van der Waals surface area contributed by atoms with E-state index in [4.69, 9.17) is 0 Å². The van der Waals surface area contributed by atoms with E-state index in [-0.39, 0.29) is 24.3 Å². The summed E-state index contributed by atoms with van der Waals surface area (Å²) in [5, 5.41) is 5.94. The monoisotopic (exact) mass is 241 g/mol. The highest BCUT2D eigenvalue weighted by atomic mass is 16.2. The van der Waals surface area contributed by atoms with E-state index in [2.05, 4.69) is 10.6 Å². The first-order chi connectivity index (χ1) is 8.19. The maximum absolute atomic E-state index is 12.2. The number of nitrogens with one attached hydrogen (secondary N) is 2. The predicted octanol–water partition coefficient (Wildman–Crippen LogP) is -0.0294. The average Bonchev–Trinajstić information content (AvgIpc) is 2.36. The zero-order valence-corrected chi connectivity index (χ0v) is 10.8. The fraction of sp³-hybridized carbons (Fsp3) is 0.833. The van der Waals surface area contributed by atoms with Gasteiger partial charge in [0.1, 0.15) is 0 Å². The van der Waals surface area contributed by atoms with Gasteiger partial charge in [-0.05, 0) is 33.2 Å². The van der Waals surface area contributed by atoms with Crippen molar-refractivity contribution in [2.24, 2.45) is 5.92 Å². The standard InChI is InChI=1S/C12H23N3O2/c1-3-14-11(16)9-15(4-2)12(17)10-6-5-7-13-8-10/h10,13H,3-9H2,1-2H3,(H,14,16)/t10-/m0/s1. The normalized spacial score (nSPS) is 19.8. The molecule has 2 N–H and O–H groups in total. The smallest absolute Gasteiger partial charge is 0.239 e. The Labute approximate surface area is 103 Å². The first-order valence-electron chi connectivity index (χ1n) is 6.45. The van der Waals surface area contributed by atoms with Crippen LogP contribution in [-0.2, 0) is 9.59 Å². The summed E-state index contributed by atoms with van der Waals surface area (Å²) in [6.45, 7) is 6.90. The van der Waals surface area contributed by atoms with E-state index < -0.39 is 0 Å². The Balaban J connectivity index is 2.47. The molecule has 5 heteroatoms. The number of nitrogens with zero attached hydrogens (tertiary/aromatic N) is 1. The highest BCUT2D eigenvalue weighted by Crippen LogP contribution is 2.13. The molecule has 0 aromatic carbocycles. The minimum absolute atomic E-state index is 0.0399. The molecule has 0 aromatic rings. The maximum Gasteiger partial charge on any atom is 0.239 e. The molecule has 1 saturated heterocycles. The number of likely N-dealkylation sites (N-methyl/N-ethyl adjacent to an activating group) is 2. The summed E-state index contributed by atoms with van der Waals surface area (Å²) in [7, 11) is 0. The zero-order chi connectivity index (χ0) is 12.7. The Hall–Kier alpha value is -1.10. The van der Waals surface area contributed by atoms with Crippen molar-refractivity contribution in [2.45, 2.75) is 26.7 Å². The van der Waals surface area contributed by atoms with Gasteiger partial charge in [0.25, 0.3) is 0 Å². The lowest BCUT2D eigenvalue weighted by Gasteiger charge is -2.28. The van der Waals surface area contributed by atoms with Crippen LogP contribution in [0.1, 0.15) is 26.7 Å². The summed E-state index contributed by atoms with van der Waals surface area (Å²) in [6, 6.07) is 0. The number of hydrogen-bond donors (Lipinski definition) is 2. The van der Waals surface area contributed by atoms with Crippen LogP contribution in [0.5, 0.6) is 0 Å². The molecule has 17 heavy (non-hydrogen) atoms. The maximum atomic E-state index is 12.2. The largest absolute Gasteiger partial charge is 0.355 e. The fourth-order valence-electron chi connectivity index (χ4n) is 2.09. The van der Waals surface area contributed by atoms with Gasteiger partial charge < -0.3 is 15.5 Å². The molecule has 0 bridgehead atoms. The van der Waals surface area contributed by atoms with Crippen LogP contribution >= 0.6 is 0 Å². The Bertz CT molecular complexity index is 262. The second kappa shape index (κ2) is 7.27. The molecule has 0 unspecified atom stereocenters. The molecule has 1 atom stereocenters. The number of carbonyl (C=O) groups excluding carboxylic acids is 2. The molecule has 2 amide bonds. The van der Waals surface area contributed by atoms with Crippen molar-refractivity contribution in [3.63, 3.8) is 0 Å². The van der Waals surface area contributed by atoms with Crippen molar-refractivity contribution in [3.8, 4) is 0 Å². The molecule has 1 rings (SSSR count). The van der Waals surface area contributed by atoms with Gasteiger partial charge in [-0.25, -0.2) is 0 Å². The van der Waals surface area contributed by atoms with Gasteiger partial charge in [0.05, 0.1) is 12.5 Å². The highest BCUT2D eigenvalue weighted by Gasteiger charge is 2.25. The SMILES string of the molecule is CCNC(=O)CN(CC)C(=O)[C@H]1CCCNC1. The van der Waals surface area contributed by atoms with Gasteiger partial charge in [-0.3, -0.25) is 9.59 Å². The zero-order valence-electron chi connectivity index (χ0n) is 10.8. The number of carbonyl (C=O) groups is 2. The molecular weight excluding hydrogens is 218 g/mol. The lowest BCUT2D eigenvalue weighted by Crippen LogP contribution is -2.46.